The average molecular weight is 312 g/mol. The zero-order valence-electron chi connectivity index (χ0n) is 10.8. The Bertz CT molecular complexity index is 603. The third-order valence-electron chi connectivity index (χ3n) is 2.70. The van der Waals surface area contributed by atoms with Crippen molar-refractivity contribution in [3.8, 4) is 10.6 Å². The highest BCUT2D eigenvalue weighted by Crippen LogP contribution is 2.31. The third-order valence-corrected chi connectivity index (χ3v) is 3.92. The third kappa shape index (κ3) is 3.46. The molecule has 0 aliphatic heterocycles. The van der Waals surface area contributed by atoms with Gasteiger partial charge in [0.1, 0.15) is 6.04 Å². The minimum atomic E-state index is -0.888. The molecule has 1 aromatic carbocycles. The van der Waals surface area contributed by atoms with Gasteiger partial charge >= 0.3 is 5.97 Å². The van der Waals surface area contributed by atoms with Gasteiger partial charge in [0.15, 0.2) is 5.01 Å². The van der Waals surface area contributed by atoms with Crippen LogP contribution in [-0.2, 0) is 4.79 Å². The van der Waals surface area contributed by atoms with E-state index in [1.54, 1.807) is 6.07 Å². The van der Waals surface area contributed by atoms with Gasteiger partial charge in [-0.15, -0.1) is 10.2 Å². The molecule has 2 N–H and O–H groups in total. The lowest BCUT2D eigenvalue weighted by atomic mass is 10.2. The SMILES string of the molecule is CCCC(Nc1nnc(-c2ccccc2Cl)s1)C(=O)O. The standard InChI is InChI=1S/C13H14ClN3O2S/c1-2-5-10(12(18)19)15-13-17-16-11(20-13)8-6-3-4-7-9(8)14/h3-4,6-7,10H,2,5H2,1H3,(H,15,17)(H,18,19). The molecule has 1 heterocycles. The fraction of sp³-hybridized carbons (Fsp3) is 0.308. The van der Waals surface area contributed by atoms with Crippen LogP contribution in [0.3, 0.4) is 0 Å². The molecule has 0 fully saturated rings. The van der Waals surface area contributed by atoms with Crippen LogP contribution >= 0.6 is 22.9 Å². The lowest BCUT2D eigenvalue weighted by molar-refractivity contribution is -0.138. The maximum atomic E-state index is 11.1. The van der Waals surface area contributed by atoms with Crippen molar-refractivity contribution in [3.63, 3.8) is 0 Å². The summed E-state index contributed by atoms with van der Waals surface area (Å²) in [6.07, 6.45) is 1.32. The Kier molecular flexibility index (Phi) is 4.92. The molecule has 5 nitrogen and oxygen atoms in total. The van der Waals surface area contributed by atoms with Crippen LogP contribution in [0.25, 0.3) is 10.6 Å². The number of carboxylic acids is 1. The first-order chi connectivity index (χ1) is 9.61. The van der Waals surface area contributed by atoms with E-state index in [4.69, 9.17) is 16.7 Å². The number of aliphatic carboxylic acids is 1. The number of nitrogens with one attached hydrogen (secondary N) is 1. The van der Waals surface area contributed by atoms with Gasteiger partial charge in [-0.25, -0.2) is 4.79 Å². The average Bonchev–Trinajstić information content (AvgIpc) is 2.87. The van der Waals surface area contributed by atoms with Gasteiger partial charge in [-0.2, -0.15) is 0 Å². The van der Waals surface area contributed by atoms with E-state index in [0.717, 1.165) is 12.0 Å². The van der Waals surface area contributed by atoms with Gasteiger partial charge in [0.2, 0.25) is 5.13 Å². The fourth-order valence-corrected chi connectivity index (χ4v) is 2.84. The Morgan fingerprint density at radius 1 is 1.45 bits per heavy atom. The van der Waals surface area contributed by atoms with Crippen LogP contribution in [0.4, 0.5) is 5.13 Å². The molecule has 0 amide bonds. The van der Waals surface area contributed by atoms with E-state index in [0.29, 0.717) is 21.6 Å². The van der Waals surface area contributed by atoms with E-state index in [9.17, 15) is 4.79 Å². The molecule has 7 heteroatoms. The Morgan fingerprint density at radius 3 is 2.85 bits per heavy atom. The van der Waals surface area contributed by atoms with Crippen molar-refractivity contribution in [1.82, 2.24) is 10.2 Å². The number of carbonyl (C=O) groups is 1. The summed E-state index contributed by atoms with van der Waals surface area (Å²) >= 11 is 7.39. The number of aromatic nitrogens is 2. The quantitative estimate of drug-likeness (QED) is 0.853. The van der Waals surface area contributed by atoms with Crippen molar-refractivity contribution in [2.24, 2.45) is 0 Å². The first kappa shape index (κ1) is 14.7. The summed E-state index contributed by atoms with van der Waals surface area (Å²) in [6, 6.07) is 6.70. The van der Waals surface area contributed by atoms with Crippen LogP contribution in [0, 0.1) is 0 Å². The zero-order valence-corrected chi connectivity index (χ0v) is 12.4. The number of carboxylic acid groups (broad SMARTS) is 1. The minimum absolute atomic E-state index is 0.487. The lowest BCUT2D eigenvalue weighted by Gasteiger charge is -2.11. The van der Waals surface area contributed by atoms with Crippen LogP contribution < -0.4 is 5.32 Å². The highest BCUT2D eigenvalue weighted by Gasteiger charge is 2.18. The van der Waals surface area contributed by atoms with Crippen LogP contribution in [0.2, 0.25) is 5.02 Å². The molecule has 0 aliphatic rings. The van der Waals surface area contributed by atoms with E-state index in [2.05, 4.69) is 15.5 Å². The Morgan fingerprint density at radius 2 is 2.20 bits per heavy atom. The number of benzene rings is 1. The number of halogens is 1. The Labute approximate surface area is 125 Å². The molecule has 0 bridgehead atoms. The minimum Gasteiger partial charge on any atom is -0.480 e. The number of hydrogen-bond donors (Lipinski definition) is 2. The number of rotatable bonds is 6. The van der Waals surface area contributed by atoms with Crippen molar-refractivity contribution in [1.29, 1.82) is 0 Å². The maximum Gasteiger partial charge on any atom is 0.326 e. The van der Waals surface area contributed by atoms with Gasteiger partial charge in [0, 0.05) is 5.56 Å². The first-order valence-corrected chi connectivity index (χ1v) is 7.39. The monoisotopic (exact) mass is 311 g/mol. The maximum absolute atomic E-state index is 11.1. The molecular formula is C13H14ClN3O2S. The fourth-order valence-electron chi connectivity index (χ4n) is 1.72. The molecule has 106 valence electrons. The molecule has 0 spiro atoms. The molecule has 2 rings (SSSR count). The summed E-state index contributed by atoms with van der Waals surface area (Å²) in [7, 11) is 0. The molecule has 2 aromatic rings. The van der Waals surface area contributed by atoms with E-state index in [1.807, 2.05) is 25.1 Å². The van der Waals surface area contributed by atoms with Crippen LogP contribution in [0.15, 0.2) is 24.3 Å². The highest BCUT2D eigenvalue weighted by molar-refractivity contribution is 7.18. The van der Waals surface area contributed by atoms with Crippen LogP contribution in [-0.4, -0.2) is 27.3 Å². The summed E-state index contributed by atoms with van der Waals surface area (Å²) in [4.78, 5) is 11.1. The normalized spacial score (nSPS) is 12.1. The second-order valence-corrected chi connectivity index (χ2v) is 5.60. The zero-order chi connectivity index (χ0) is 14.5. The predicted molar refractivity (Wildman–Crippen MR) is 80.3 cm³/mol. The van der Waals surface area contributed by atoms with Gasteiger partial charge in [-0.3, -0.25) is 0 Å². The van der Waals surface area contributed by atoms with E-state index in [1.165, 1.54) is 11.3 Å². The second-order valence-electron chi connectivity index (χ2n) is 4.22. The lowest BCUT2D eigenvalue weighted by Crippen LogP contribution is -2.28. The molecule has 1 unspecified atom stereocenters. The van der Waals surface area contributed by atoms with Crippen molar-refractivity contribution >= 4 is 34.0 Å². The Balaban J connectivity index is 2.17. The van der Waals surface area contributed by atoms with Crippen LogP contribution in [0.1, 0.15) is 19.8 Å². The molecule has 20 heavy (non-hydrogen) atoms. The highest BCUT2D eigenvalue weighted by atomic mass is 35.5. The Hall–Kier alpha value is -1.66. The van der Waals surface area contributed by atoms with Crippen molar-refractivity contribution in [2.75, 3.05) is 5.32 Å². The van der Waals surface area contributed by atoms with Gasteiger partial charge in [-0.05, 0) is 12.5 Å². The number of anilines is 1. The largest absolute Gasteiger partial charge is 0.480 e. The molecule has 0 saturated carbocycles. The molecular weight excluding hydrogens is 298 g/mol. The second kappa shape index (κ2) is 6.67. The summed E-state index contributed by atoms with van der Waals surface area (Å²) in [5.41, 5.74) is 0.794. The molecule has 1 aromatic heterocycles. The summed E-state index contributed by atoms with van der Waals surface area (Å²) in [6.45, 7) is 1.94. The first-order valence-electron chi connectivity index (χ1n) is 6.19. The van der Waals surface area contributed by atoms with Gasteiger partial charge < -0.3 is 10.4 Å². The van der Waals surface area contributed by atoms with Crippen LogP contribution in [0.5, 0.6) is 0 Å². The number of hydrogen-bond acceptors (Lipinski definition) is 5. The topological polar surface area (TPSA) is 75.1 Å². The predicted octanol–water partition coefficient (Wildman–Crippen LogP) is 3.52. The van der Waals surface area contributed by atoms with Crippen molar-refractivity contribution < 1.29 is 9.90 Å². The summed E-state index contributed by atoms with van der Waals surface area (Å²) in [5.74, 6) is -0.888. The van der Waals surface area contributed by atoms with E-state index >= 15 is 0 Å². The van der Waals surface area contributed by atoms with Crippen molar-refractivity contribution in [3.05, 3.63) is 29.3 Å². The smallest absolute Gasteiger partial charge is 0.326 e. The molecule has 0 radical (unpaired) electrons. The number of nitrogens with zero attached hydrogens (tertiary/aromatic N) is 2. The summed E-state index contributed by atoms with van der Waals surface area (Å²) < 4.78 is 0. The van der Waals surface area contributed by atoms with Gasteiger partial charge in [-0.1, -0.05) is 54.5 Å². The molecule has 0 saturated heterocycles. The van der Waals surface area contributed by atoms with Crippen molar-refractivity contribution in [2.45, 2.75) is 25.8 Å². The van der Waals surface area contributed by atoms with Gasteiger partial charge in [0.05, 0.1) is 5.02 Å². The summed E-state index contributed by atoms with van der Waals surface area (Å²) in [5, 5.41) is 21.8. The van der Waals surface area contributed by atoms with E-state index in [-0.39, 0.29) is 0 Å². The van der Waals surface area contributed by atoms with E-state index < -0.39 is 12.0 Å². The van der Waals surface area contributed by atoms with Gasteiger partial charge in [0.25, 0.3) is 0 Å². The molecule has 0 aliphatic carbocycles. The molecule has 1 atom stereocenters.